The summed E-state index contributed by atoms with van der Waals surface area (Å²) in [6, 6.07) is 1.87. The molecule has 2 aromatic rings. The van der Waals surface area contributed by atoms with Gasteiger partial charge in [-0.05, 0) is 32.4 Å². The highest BCUT2D eigenvalue weighted by Crippen LogP contribution is 2.18. The van der Waals surface area contributed by atoms with Gasteiger partial charge >= 0.3 is 0 Å². The van der Waals surface area contributed by atoms with Crippen LogP contribution in [0.25, 0.3) is 5.82 Å². The van der Waals surface area contributed by atoms with Crippen LogP contribution in [0.3, 0.4) is 0 Å². The number of aryl methyl sites for hydroxylation is 1. The summed E-state index contributed by atoms with van der Waals surface area (Å²) in [5, 5.41) is 4.18. The maximum absolute atomic E-state index is 5.90. The molecule has 0 amide bonds. The van der Waals surface area contributed by atoms with Crippen molar-refractivity contribution in [1.82, 2.24) is 14.8 Å². The fourth-order valence-electron chi connectivity index (χ4n) is 1.53. The Morgan fingerprint density at radius 2 is 2.12 bits per heavy atom. The van der Waals surface area contributed by atoms with E-state index in [0.29, 0.717) is 17.3 Å². The van der Waals surface area contributed by atoms with Crippen LogP contribution in [-0.2, 0) is 0 Å². The molecule has 0 aliphatic rings. The molecule has 17 heavy (non-hydrogen) atoms. The van der Waals surface area contributed by atoms with Gasteiger partial charge in [0.2, 0.25) is 0 Å². The molecule has 2 rings (SSSR count). The summed E-state index contributed by atoms with van der Waals surface area (Å²) >= 11 is 0. The summed E-state index contributed by atoms with van der Waals surface area (Å²) in [6.07, 6.45) is 5.31. The first-order valence-electron chi connectivity index (χ1n) is 5.50. The largest absolute Gasteiger partial charge is 0.488 e. The van der Waals surface area contributed by atoms with E-state index in [9.17, 15) is 0 Å². The summed E-state index contributed by atoms with van der Waals surface area (Å²) in [6.45, 7) is 5.88. The van der Waals surface area contributed by atoms with Crippen molar-refractivity contribution in [3.63, 3.8) is 0 Å². The van der Waals surface area contributed by atoms with Crippen molar-refractivity contribution >= 4 is 5.69 Å². The van der Waals surface area contributed by atoms with E-state index in [0.717, 1.165) is 5.56 Å². The third-order valence-electron chi connectivity index (χ3n) is 2.18. The van der Waals surface area contributed by atoms with E-state index in [1.807, 2.05) is 26.8 Å². The Labute approximate surface area is 100 Å². The number of pyridine rings is 1. The van der Waals surface area contributed by atoms with Crippen LogP contribution in [0.2, 0.25) is 0 Å². The molecule has 2 N–H and O–H groups in total. The molecule has 0 unspecified atom stereocenters. The summed E-state index contributed by atoms with van der Waals surface area (Å²) in [5.74, 6) is 1.33. The lowest BCUT2D eigenvalue weighted by atomic mass is 10.3. The third-order valence-corrected chi connectivity index (χ3v) is 2.18. The van der Waals surface area contributed by atoms with E-state index in [1.165, 1.54) is 0 Å². The van der Waals surface area contributed by atoms with Crippen LogP contribution < -0.4 is 10.5 Å². The number of nitrogens with two attached hydrogens (primary N) is 1. The van der Waals surface area contributed by atoms with Crippen molar-refractivity contribution in [2.45, 2.75) is 26.9 Å². The molecule has 0 radical (unpaired) electrons. The van der Waals surface area contributed by atoms with Gasteiger partial charge in [0.15, 0.2) is 11.6 Å². The van der Waals surface area contributed by atoms with Crippen LogP contribution in [-0.4, -0.2) is 20.9 Å². The molecule has 5 nitrogen and oxygen atoms in total. The van der Waals surface area contributed by atoms with Crippen LogP contribution in [0.5, 0.6) is 5.75 Å². The lowest BCUT2D eigenvalue weighted by molar-refractivity contribution is 0.242. The predicted molar refractivity (Wildman–Crippen MR) is 66.3 cm³/mol. The first-order valence-corrected chi connectivity index (χ1v) is 5.50. The van der Waals surface area contributed by atoms with E-state index >= 15 is 0 Å². The normalized spacial score (nSPS) is 10.8. The van der Waals surface area contributed by atoms with Gasteiger partial charge in [0.25, 0.3) is 0 Å². The average molecular weight is 232 g/mol. The van der Waals surface area contributed by atoms with E-state index < -0.39 is 0 Å². The zero-order chi connectivity index (χ0) is 12.4. The van der Waals surface area contributed by atoms with Crippen LogP contribution in [0.4, 0.5) is 5.69 Å². The Hall–Kier alpha value is -2.04. The zero-order valence-electron chi connectivity index (χ0n) is 10.2. The number of hydrogen-bond donors (Lipinski definition) is 1. The highest BCUT2D eigenvalue weighted by molar-refractivity contribution is 5.53. The minimum Gasteiger partial charge on any atom is -0.488 e. The smallest absolute Gasteiger partial charge is 0.176 e. The average Bonchev–Trinajstić information content (AvgIpc) is 2.65. The van der Waals surface area contributed by atoms with Crippen molar-refractivity contribution in [2.75, 3.05) is 5.73 Å². The molecule has 0 aliphatic heterocycles. The zero-order valence-corrected chi connectivity index (χ0v) is 10.2. The highest BCUT2D eigenvalue weighted by atomic mass is 16.5. The standard InChI is InChI=1S/C12H16N4O/c1-8(2)17-10-6-15-16(7-10)12-11(13)4-9(3)5-14-12/h4-8H,13H2,1-3H3. The Morgan fingerprint density at radius 3 is 2.76 bits per heavy atom. The molecule has 2 heterocycles. The van der Waals surface area contributed by atoms with Crippen molar-refractivity contribution in [1.29, 1.82) is 0 Å². The van der Waals surface area contributed by atoms with Gasteiger partial charge in [-0.15, -0.1) is 0 Å². The number of hydrogen-bond acceptors (Lipinski definition) is 4. The fourth-order valence-corrected chi connectivity index (χ4v) is 1.53. The molecule has 2 aromatic heterocycles. The molecule has 0 aromatic carbocycles. The topological polar surface area (TPSA) is 66.0 Å². The van der Waals surface area contributed by atoms with Gasteiger partial charge in [0.05, 0.1) is 24.2 Å². The van der Waals surface area contributed by atoms with Crippen LogP contribution >= 0.6 is 0 Å². The number of nitrogens with zero attached hydrogens (tertiary/aromatic N) is 3. The second-order valence-corrected chi connectivity index (χ2v) is 4.21. The number of aromatic nitrogens is 3. The number of anilines is 1. The fraction of sp³-hybridized carbons (Fsp3) is 0.333. The first kappa shape index (κ1) is 11.4. The van der Waals surface area contributed by atoms with Gasteiger partial charge < -0.3 is 10.5 Å². The Kier molecular flexibility index (Phi) is 2.99. The monoisotopic (exact) mass is 232 g/mol. The van der Waals surface area contributed by atoms with Gasteiger partial charge in [0, 0.05) is 6.20 Å². The number of rotatable bonds is 3. The molecular weight excluding hydrogens is 216 g/mol. The van der Waals surface area contributed by atoms with Gasteiger partial charge in [-0.2, -0.15) is 5.10 Å². The predicted octanol–water partition coefficient (Wildman–Crippen LogP) is 1.95. The number of ether oxygens (including phenoxy) is 1. The van der Waals surface area contributed by atoms with Crippen molar-refractivity contribution in [3.05, 3.63) is 30.2 Å². The Morgan fingerprint density at radius 1 is 1.35 bits per heavy atom. The lowest BCUT2D eigenvalue weighted by Crippen LogP contribution is -2.05. The molecule has 90 valence electrons. The number of nitrogen functional groups attached to an aromatic ring is 1. The minimum atomic E-state index is 0.121. The summed E-state index contributed by atoms with van der Waals surface area (Å²) in [4.78, 5) is 4.26. The molecule has 0 bridgehead atoms. The van der Waals surface area contributed by atoms with Gasteiger partial charge in [-0.3, -0.25) is 0 Å². The Balaban J connectivity index is 2.30. The van der Waals surface area contributed by atoms with Gasteiger partial charge in [-0.1, -0.05) is 0 Å². The third kappa shape index (κ3) is 2.55. The highest BCUT2D eigenvalue weighted by Gasteiger charge is 2.07. The van der Waals surface area contributed by atoms with E-state index in [4.69, 9.17) is 10.5 Å². The van der Waals surface area contributed by atoms with Crippen molar-refractivity contribution in [3.8, 4) is 11.6 Å². The maximum Gasteiger partial charge on any atom is 0.176 e. The van der Waals surface area contributed by atoms with Crippen molar-refractivity contribution in [2.24, 2.45) is 0 Å². The second-order valence-electron chi connectivity index (χ2n) is 4.21. The maximum atomic E-state index is 5.90. The molecular formula is C12H16N4O. The summed E-state index contributed by atoms with van der Waals surface area (Å²) in [7, 11) is 0. The lowest BCUT2D eigenvalue weighted by Gasteiger charge is -2.06. The second kappa shape index (κ2) is 4.45. The first-order chi connectivity index (χ1) is 8.06. The van der Waals surface area contributed by atoms with Crippen LogP contribution in [0.15, 0.2) is 24.7 Å². The quantitative estimate of drug-likeness (QED) is 0.878. The summed E-state index contributed by atoms with van der Waals surface area (Å²) in [5.41, 5.74) is 7.53. The SMILES string of the molecule is Cc1cnc(-n2cc(OC(C)C)cn2)c(N)c1. The van der Waals surface area contributed by atoms with Gasteiger partial charge in [0.1, 0.15) is 0 Å². The van der Waals surface area contributed by atoms with Gasteiger partial charge in [-0.25, -0.2) is 9.67 Å². The van der Waals surface area contributed by atoms with Crippen molar-refractivity contribution < 1.29 is 4.74 Å². The Bertz CT molecular complexity index is 519. The molecule has 0 saturated carbocycles. The van der Waals surface area contributed by atoms with E-state index in [2.05, 4.69) is 10.1 Å². The summed E-state index contributed by atoms with van der Waals surface area (Å²) < 4.78 is 7.15. The molecule has 0 saturated heterocycles. The minimum absolute atomic E-state index is 0.121. The van der Waals surface area contributed by atoms with E-state index in [-0.39, 0.29) is 6.10 Å². The van der Waals surface area contributed by atoms with Crippen LogP contribution in [0, 0.1) is 6.92 Å². The molecule has 0 aliphatic carbocycles. The molecule has 0 fully saturated rings. The van der Waals surface area contributed by atoms with Crippen LogP contribution in [0.1, 0.15) is 19.4 Å². The molecule has 0 spiro atoms. The molecule has 0 atom stereocenters. The molecule has 5 heteroatoms. The van der Waals surface area contributed by atoms with E-state index in [1.54, 1.807) is 23.3 Å².